The molecule has 0 N–H and O–H groups in total. The summed E-state index contributed by atoms with van der Waals surface area (Å²) in [5, 5.41) is 0. The molecule has 1 aromatic carbocycles. The number of hydrogen-bond acceptors (Lipinski definition) is 3. The Morgan fingerprint density at radius 1 is 0.889 bits per heavy atom. The van der Waals surface area contributed by atoms with Crippen LogP contribution in [-0.4, -0.2) is 61.3 Å². The van der Waals surface area contributed by atoms with Gasteiger partial charge in [-0.25, -0.2) is 0 Å². The van der Waals surface area contributed by atoms with Crippen molar-refractivity contribution >= 4 is 0 Å². The first kappa shape index (κ1) is 19.4. The van der Waals surface area contributed by atoms with Gasteiger partial charge in [0.05, 0.1) is 6.10 Å². The first-order valence-electron chi connectivity index (χ1n) is 11.5. The fourth-order valence-corrected chi connectivity index (χ4v) is 5.40. The zero-order valence-corrected chi connectivity index (χ0v) is 17.0. The maximum atomic E-state index is 5.96. The standard InChI is InChI=1S/C24H38N2O/c1-2-7-21(8-3-1)12-15-25(20-24-11-6-18-27-24)19-22-13-16-26(17-14-22)23-9-4-5-10-23/h1-3,7-8,22-24H,4-6,9-20H2. The largest absolute Gasteiger partial charge is 0.377 e. The van der Waals surface area contributed by atoms with E-state index in [1.807, 2.05) is 0 Å². The minimum Gasteiger partial charge on any atom is -0.377 e. The van der Waals surface area contributed by atoms with Crippen LogP contribution in [0.1, 0.15) is 56.9 Å². The summed E-state index contributed by atoms with van der Waals surface area (Å²) < 4.78 is 5.96. The van der Waals surface area contributed by atoms with E-state index in [9.17, 15) is 0 Å². The lowest BCUT2D eigenvalue weighted by molar-refractivity contribution is 0.0573. The molecule has 2 saturated heterocycles. The number of likely N-dealkylation sites (tertiary alicyclic amines) is 1. The SMILES string of the molecule is c1ccc(CCN(CC2CCN(C3CCCC3)CC2)CC2CCCO2)cc1. The Labute approximate surface area is 166 Å². The minimum absolute atomic E-state index is 0.472. The van der Waals surface area contributed by atoms with Crippen molar-refractivity contribution in [3.8, 4) is 0 Å². The second-order valence-corrected chi connectivity index (χ2v) is 9.05. The van der Waals surface area contributed by atoms with Gasteiger partial charge in [-0.2, -0.15) is 0 Å². The molecule has 0 radical (unpaired) electrons. The van der Waals surface area contributed by atoms with Crippen LogP contribution in [0.3, 0.4) is 0 Å². The highest BCUT2D eigenvalue weighted by molar-refractivity contribution is 5.14. The normalized spacial score (nSPS) is 25.6. The summed E-state index contributed by atoms with van der Waals surface area (Å²) in [4.78, 5) is 5.52. The fraction of sp³-hybridized carbons (Fsp3) is 0.750. The maximum Gasteiger partial charge on any atom is 0.0702 e. The van der Waals surface area contributed by atoms with Crippen LogP contribution < -0.4 is 0 Å². The quantitative estimate of drug-likeness (QED) is 0.676. The van der Waals surface area contributed by atoms with E-state index in [-0.39, 0.29) is 0 Å². The molecule has 1 aromatic rings. The predicted molar refractivity (Wildman–Crippen MR) is 112 cm³/mol. The topological polar surface area (TPSA) is 15.7 Å². The summed E-state index contributed by atoms with van der Waals surface area (Å²) >= 11 is 0. The van der Waals surface area contributed by atoms with E-state index in [2.05, 4.69) is 40.1 Å². The molecule has 3 nitrogen and oxygen atoms in total. The van der Waals surface area contributed by atoms with Crippen molar-refractivity contribution < 1.29 is 4.74 Å². The summed E-state index contributed by atoms with van der Waals surface area (Å²) in [5.74, 6) is 0.875. The van der Waals surface area contributed by atoms with E-state index in [1.165, 1.54) is 83.1 Å². The Morgan fingerprint density at radius 3 is 2.37 bits per heavy atom. The summed E-state index contributed by atoms with van der Waals surface area (Å²) in [6.45, 7) is 7.22. The van der Waals surface area contributed by atoms with Crippen LogP contribution in [0.25, 0.3) is 0 Å². The molecule has 0 spiro atoms. The molecule has 1 atom stereocenters. The third kappa shape index (κ3) is 5.79. The molecular formula is C24H38N2O. The van der Waals surface area contributed by atoms with Gasteiger partial charge in [-0.05, 0) is 69.5 Å². The van der Waals surface area contributed by atoms with Crippen LogP contribution in [0.5, 0.6) is 0 Å². The molecule has 150 valence electrons. The van der Waals surface area contributed by atoms with E-state index < -0.39 is 0 Å². The van der Waals surface area contributed by atoms with Crippen molar-refractivity contribution in [3.63, 3.8) is 0 Å². The fourth-order valence-electron chi connectivity index (χ4n) is 5.40. The molecule has 0 bridgehead atoms. The lowest BCUT2D eigenvalue weighted by atomic mass is 9.94. The molecule has 2 aliphatic heterocycles. The zero-order chi connectivity index (χ0) is 18.3. The lowest BCUT2D eigenvalue weighted by Gasteiger charge is -2.38. The molecule has 3 fully saturated rings. The van der Waals surface area contributed by atoms with Crippen molar-refractivity contribution in [2.75, 3.05) is 39.3 Å². The third-order valence-corrected chi connectivity index (χ3v) is 7.05. The number of benzene rings is 1. The van der Waals surface area contributed by atoms with Gasteiger partial charge in [0.15, 0.2) is 0 Å². The Morgan fingerprint density at radius 2 is 1.67 bits per heavy atom. The Bertz CT molecular complexity index is 529. The number of ether oxygens (including phenoxy) is 1. The Balaban J connectivity index is 1.27. The van der Waals surface area contributed by atoms with Crippen LogP contribution in [0.2, 0.25) is 0 Å². The highest BCUT2D eigenvalue weighted by Gasteiger charge is 2.28. The Kier molecular flexibility index (Phi) is 7.22. The van der Waals surface area contributed by atoms with Gasteiger partial charge in [0, 0.05) is 32.3 Å². The average molecular weight is 371 g/mol. The number of hydrogen-bond donors (Lipinski definition) is 0. The van der Waals surface area contributed by atoms with E-state index in [4.69, 9.17) is 4.74 Å². The molecular weight excluding hydrogens is 332 g/mol. The molecule has 0 amide bonds. The zero-order valence-electron chi connectivity index (χ0n) is 17.0. The molecule has 3 heteroatoms. The Hall–Kier alpha value is -0.900. The van der Waals surface area contributed by atoms with Gasteiger partial charge in [0.2, 0.25) is 0 Å². The summed E-state index contributed by atoms with van der Waals surface area (Å²) in [5.41, 5.74) is 1.46. The monoisotopic (exact) mass is 370 g/mol. The maximum absolute atomic E-state index is 5.96. The van der Waals surface area contributed by atoms with E-state index >= 15 is 0 Å². The first-order chi connectivity index (χ1) is 13.4. The van der Waals surface area contributed by atoms with Gasteiger partial charge in [-0.1, -0.05) is 43.2 Å². The predicted octanol–water partition coefficient (Wildman–Crippen LogP) is 4.36. The van der Waals surface area contributed by atoms with Crippen molar-refractivity contribution in [2.24, 2.45) is 5.92 Å². The van der Waals surface area contributed by atoms with Gasteiger partial charge >= 0.3 is 0 Å². The molecule has 1 aliphatic carbocycles. The summed E-state index contributed by atoms with van der Waals surface area (Å²) in [6.07, 6.45) is 12.7. The van der Waals surface area contributed by atoms with Gasteiger partial charge in [0.1, 0.15) is 0 Å². The smallest absolute Gasteiger partial charge is 0.0702 e. The summed E-state index contributed by atoms with van der Waals surface area (Å²) in [7, 11) is 0. The summed E-state index contributed by atoms with van der Waals surface area (Å²) in [6, 6.07) is 11.9. The van der Waals surface area contributed by atoms with Gasteiger partial charge < -0.3 is 14.5 Å². The lowest BCUT2D eigenvalue weighted by Crippen LogP contribution is -2.44. The van der Waals surface area contributed by atoms with Crippen LogP contribution in [0.15, 0.2) is 30.3 Å². The number of piperidine rings is 1. The highest BCUT2D eigenvalue weighted by Crippen LogP contribution is 2.28. The second-order valence-electron chi connectivity index (χ2n) is 9.05. The van der Waals surface area contributed by atoms with Crippen molar-refractivity contribution in [2.45, 2.75) is 69.9 Å². The molecule has 27 heavy (non-hydrogen) atoms. The minimum atomic E-state index is 0.472. The van der Waals surface area contributed by atoms with Gasteiger partial charge in [-0.15, -0.1) is 0 Å². The average Bonchev–Trinajstić information content (AvgIpc) is 3.42. The van der Waals surface area contributed by atoms with Crippen LogP contribution >= 0.6 is 0 Å². The molecule has 2 heterocycles. The van der Waals surface area contributed by atoms with E-state index in [1.54, 1.807) is 0 Å². The molecule has 1 saturated carbocycles. The third-order valence-electron chi connectivity index (χ3n) is 7.05. The van der Waals surface area contributed by atoms with E-state index in [0.29, 0.717) is 6.10 Å². The van der Waals surface area contributed by atoms with E-state index in [0.717, 1.165) is 31.5 Å². The van der Waals surface area contributed by atoms with Gasteiger partial charge in [0.25, 0.3) is 0 Å². The second kappa shape index (κ2) is 10.0. The van der Waals surface area contributed by atoms with Crippen molar-refractivity contribution in [1.82, 2.24) is 9.80 Å². The number of rotatable bonds is 8. The van der Waals surface area contributed by atoms with Crippen molar-refractivity contribution in [3.05, 3.63) is 35.9 Å². The van der Waals surface area contributed by atoms with Crippen LogP contribution in [-0.2, 0) is 11.2 Å². The molecule has 3 aliphatic rings. The highest BCUT2D eigenvalue weighted by atomic mass is 16.5. The molecule has 4 rings (SSSR count). The van der Waals surface area contributed by atoms with Crippen LogP contribution in [0.4, 0.5) is 0 Å². The first-order valence-corrected chi connectivity index (χ1v) is 11.5. The number of nitrogens with zero attached hydrogens (tertiary/aromatic N) is 2. The molecule has 0 aromatic heterocycles. The van der Waals surface area contributed by atoms with Crippen molar-refractivity contribution in [1.29, 1.82) is 0 Å². The van der Waals surface area contributed by atoms with Crippen LogP contribution in [0, 0.1) is 5.92 Å². The molecule has 1 unspecified atom stereocenters. The van der Waals surface area contributed by atoms with Gasteiger partial charge in [-0.3, -0.25) is 0 Å².